The van der Waals surface area contributed by atoms with E-state index >= 15 is 0 Å². The Morgan fingerprint density at radius 3 is 2.78 bits per heavy atom. The summed E-state index contributed by atoms with van der Waals surface area (Å²) in [6, 6.07) is 13.4. The summed E-state index contributed by atoms with van der Waals surface area (Å²) in [7, 11) is 3.55. The average Bonchev–Trinajstić information content (AvgIpc) is 3.07. The molecule has 0 bridgehead atoms. The number of aryl methyl sites for hydroxylation is 1. The molecule has 1 aliphatic rings. The third kappa shape index (κ3) is 2.03. The first-order valence-corrected chi connectivity index (χ1v) is 7.34. The second-order valence-electron chi connectivity index (χ2n) is 5.49. The fraction of sp³-hybridized carbons (Fsp3) is 0.105. The molecule has 0 radical (unpaired) electrons. The van der Waals surface area contributed by atoms with E-state index in [1.165, 1.54) is 0 Å². The highest BCUT2D eigenvalue weighted by Crippen LogP contribution is 2.39. The van der Waals surface area contributed by atoms with Crippen LogP contribution in [0.25, 0.3) is 17.0 Å². The van der Waals surface area contributed by atoms with Gasteiger partial charge in [0.2, 0.25) is 5.78 Å². The zero-order chi connectivity index (χ0) is 16.0. The van der Waals surface area contributed by atoms with Gasteiger partial charge in [-0.15, -0.1) is 0 Å². The Kier molecular flexibility index (Phi) is 2.98. The summed E-state index contributed by atoms with van der Waals surface area (Å²) in [5, 5.41) is 1.09. The molecule has 2 heterocycles. The molecule has 114 valence electrons. The quantitative estimate of drug-likeness (QED) is 0.676. The largest absolute Gasteiger partial charge is 0.493 e. The molecule has 0 N–H and O–H groups in total. The van der Waals surface area contributed by atoms with Crippen molar-refractivity contribution in [3.05, 3.63) is 65.5 Å². The average molecular weight is 305 g/mol. The van der Waals surface area contributed by atoms with E-state index in [4.69, 9.17) is 9.47 Å². The molecule has 1 aromatic heterocycles. The molecule has 0 amide bonds. The van der Waals surface area contributed by atoms with Crippen molar-refractivity contribution in [1.82, 2.24) is 4.57 Å². The predicted molar refractivity (Wildman–Crippen MR) is 88.8 cm³/mol. The third-order valence-electron chi connectivity index (χ3n) is 4.09. The number of carbonyl (C=O) groups is 1. The number of aromatic nitrogens is 1. The Balaban J connectivity index is 1.83. The van der Waals surface area contributed by atoms with E-state index in [9.17, 15) is 4.79 Å². The Bertz CT molecular complexity index is 966. The summed E-state index contributed by atoms with van der Waals surface area (Å²) in [6.45, 7) is 0. The molecule has 1 aliphatic heterocycles. The Morgan fingerprint density at radius 1 is 1.13 bits per heavy atom. The molecule has 0 saturated heterocycles. The number of rotatable bonds is 2. The number of allylic oxidation sites excluding steroid dienone is 1. The summed E-state index contributed by atoms with van der Waals surface area (Å²) in [4.78, 5) is 12.6. The minimum atomic E-state index is -0.119. The molecule has 4 heteroatoms. The normalized spacial score (nSPS) is 15.0. The van der Waals surface area contributed by atoms with Gasteiger partial charge in [0.05, 0.1) is 12.7 Å². The van der Waals surface area contributed by atoms with Crippen molar-refractivity contribution >= 4 is 22.8 Å². The van der Waals surface area contributed by atoms with E-state index in [0.717, 1.165) is 16.5 Å². The molecule has 0 atom stereocenters. The number of Topliss-reactive ketones (excluding diaryl/α,β-unsaturated/α-hetero) is 1. The van der Waals surface area contributed by atoms with Crippen LogP contribution in [0.5, 0.6) is 11.5 Å². The van der Waals surface area contributed by atoms with E-state index < -0.39 is 0 Å². The number of fused-ring (bicyclic) bond motifs is 2. The third-order valence-corrected chi connectivity index (χ3v) is 4.09. The van der Waals surface area contributed by atoms with Crippen LogP contribution in [-0.4, -0.2) is 17.5 Å². The first-order valence-electron chi connectivity index (χ1n) is 7.34. The molecule has 0 fully saturated rings. The molecule has 0 spiro atoms. The lowest BCUT2D eigenvalue weighted by atomic mass is 10.1. The van der Waals surface area contributed by atoms with Crippen molar-refractivity contribution in [3.8, 4) is 11.5 Å². The minimum absolute atomic E-state index is 0.119. The maximum absolute atomic E-state index is 12.6. The molecule has 0 saturated carbocycles. The van der Waals surface area contributed by atoms with Gasteiger partial charge in [-0.05, 0) is 24.3 Å². The van der Waals surface area contributed by atoms with Gasteiger partial charge in [0.25, 0.3) is 0 Å². The van der Waals surface area contributed by atoms with E-state index in [-0.39, 0.29) is 5.78 Å². The summed E-state index contributed by atoms with van der Waals surface area (Å²) >= 11 is 0. The number of para-hydroxylation sites is 2. The Morgan fingerprint density at radius 2 is 1.96 bits per heavy atom. The van der Waals surface area contributed by atoms with Crippen LogP contribution < -0.4 is 9.47 Å². The second-order valence-corrected chi connectivity index (χ2v) is 5.49. The molecule has 0 aliphatic carbocycles. The van der Waals surface area contributed by atoms with Crippen molar-refractivity contribution in [3.63, 3.8) is 0 Å². The van der Waals surface area contributed by atoms with Gasteiger partial charge in [0.15, 0.2) is 17.3 Å². The van der Waals surface area contributed by atoms with Gasteiger partial charge in [0, 0.05) is 29.7 Å². The molecule has 4 nitrogen and oxygen atoms in total. The van der Waals surface area contributed by atoms with E-state index in [0.29, 0.717) is 22.8 Å². The molecule has 0 unspecified atom stereocenters. The number of nitrogens with zero attached hydrogens (tertiary/aromatic N) is 1. The summed E-state index contributed by atoms with van der Waals surface area (Å²) < 4.78 is 13.1. The van der Waals surface area contributed by atoms with Crippen molar-refractivity contribution in [2.75, 3.05) is 7.11 Å². The minimum Gasteiger partial charge on any atom is -0.493 e. The molecule has 3 aromatic rings. The van der Waals surface area contributed by atoms with Crippen LogP contribution in [0.1, 0.15) is 15.9 Å². The SMILES string of the molecule is COc1cccc2c1OC(=Cc1cn(C)c3ccccc13)C2=O. The zero-order valence-electron chi connectivity index (χ0n) is 12.9. The summed E-state index contributed by atoms with van der Waals surface area (Å²) in [6.07, 6.45) is 3.79. The van der Waals surface area contributed by atoms with Crippen molar-refractivity contribution in [2.24, 2.45) is 7.05 Å². The molecular formula is C19H15NO3. The topological polar surface area (TPSA) is 40.5 Å². The predicted octanol–water partition coefficient (Wildman–Crippen LogP) is 3.80. The molecule has 23 heavy (non-hydrogen) atoms. The highest BCUT2D eigenvalue weighted by Gasteiger charge is 2.30. The Hall–Kier alpha value is -3.01. The lowest BCUT2D eigenvalue weighted by molar-refractivity contribution is 0.101. The van der Waals surface area contributed by atoms with Crippen LogP contribution in [0, 0.1) is 0 Å². The monoisotopic (exact) mass is 305 g/mol. The highest BCUT2D eigenvalue weighted by molar-refractivity contribution is 6.15. The van der Waals surface area contributed by atoms with Gasteiger partial charge in [0.1, 0.15) is 0 Å². The zero-order valence-corrected chi connectivity index (χ0v) is 12.9. The second kappa shape index (κ2) is 5.02. The maximum Gasteiger partial charge on any atom is 0.232 e. The fourth-order valence-electron chi connectivity index (χ4n) is 2.97. The molecular weight excluding hydrogens is 290 g/mol. The smallest absolute Gasteiger partial charge is 0.232 e. The van der Waals surface area contributed by atoms with E-state index in [1.54, 1.807) is 31.4 Å². The number of carbonyl (C=O) groups excluding carboxylic acids is 1. The van der Waals surface area contributed by atoms with Gasteiger partial charge in [-0.25, -0.2) is 0 Å². The van der Waals surface area contributed by atoms with Gasteiger partial charge in [-0.1, -0.05) is 24.3 Å². The Labute approximate surface area is 133 Å². The number of methoxy groups -OCH3 is 1. The van der Waals surface area contributed by atoms with Crippen LogP contribution in [0.15, 0.2) is 54.4 Å². The first kappa shape index (κ1) is 13.6. The fourth-order valence-corrected chi connectivity index (χ4v) is 2.97. The number of ether oxygens (including phenoxy) is 2. The van der Waals surface area contributed by atoms with Gasteiger partial charge in [-0.3, -0.25) is 4.79 Å². The van der Waals surface area contributed by atoms with E-state index in [2.05, 4.69) is 0 Å². The first-order chi connectivity index (χ1) is 11.2. The standard InChI is InChI=1S/C19H15NO3/c1-20-11-12(13-6-3-4-8-15(13)20)10-17-18(21)14-7-5-9-16(22-2)19(14)23-17/h3-11H,1-2H3. The summed E-state index contributed by atoms with van der Waals surface area (Å²) in [5.74, 6) is 1.26. The molecule has 2 aromatic carbocycles. The van der Waals surface area contributed by atoms with Crippen LogP contribution in [-0.2, 0) is 7.05 Å². The summed E-state index contributed by atoms with van der Waals surface area (Å²) in [5.41, 5.74) is 2.61. The van der Waals surface area contributed by atoms with Crippen molar-refractivity contribution in [2.45, 2.75) is 0 Å². The number of hydrogen-bond donors (Lipinski definition) is 0. The number of benzene rings is 2. The van der Waals surface area contributed by atoms with Gasteiger partial charge in [-0.2, -0.15) is 0 Å². The number of hydrogen-bond acceptors (Lipinski definition) is 3. The van der Waals surface area contributed by atoms with E-state index in [1.807, 2.05) is 42.1 Å². The lowest BCUT2D eigenvalue weighted by Crippen LogP contribution is -1.97. The van der Waals surface area contributed by atoms with Crippen LogP contribution in [0.4, 0.5) is 0 Å². The van der Waals surface area contributed by atoms with Crippen molar-refractivity contribution < 1.29 is 14.3 Å². The van der Waals surface area contributed by atoms with Crippen LogP contribution in [0.3, 0.4) is 0 Å². The highest BCUT2D eigenvalue weighted by atomic mass is 16.5. The van der Waals surface area contributed by atoms with Gasteiger partial charge < -0.3 is 14.0 Å². The number of ketones is 1. The van der Waals surface area contributed by atoms with Crippen molar-refractivity contribution in [1.29, 1.82) is 0 Å². The van der Waals surface area contributed by atoms with Crippen LogP contribution >= 0.6 is 0 Å². The molecule has 4 rings (SSSR count). The maximum atomic E-state index is 12.6. The van der Waals surface area contributed by atoms with Gasteiger partial charge >= 0.3 is 0 Å². The lowest BCUT2D eigenvalue weighted by Gasteiger charge is -2.04. The van der Waals surface area contributed by atoms with Crippen LogP contribution in [0.2, 0.25) is 0 Å².